The van der Waals surface area contributed by atoms with Crippen LogP contribution in [0, 0.1) is 0 Å². The van der Waals surface area contributed by atoms with E-state index in [1.807, 2.05) is 0 Å². The maximum absolute atomic E-state index is 10.4. The van der Waals surface area contributed by atoms with Gasteiger partial charge in [-0.3, -0.25) is 4.55 Å². The second kappa shape index (κ2) is 11.4. The van der Waals surface area contributed by atoms with Gasteiger partial charge in [-0.05, 0) is 6.42 Å². The molecule has 3 nitrogen and oxygen atoms in total. The molecule has 0 atom stereocenters. The van der Waals surface area contributed by atoms with E-state index in [4.69, 9.17) is 4.55 Å². The Morgan fingerprint density at radius 2 is 1.33 bits per heavy atom. The molecule has 0 heterocycles. The molecular formula is C10H23NaO3S. The zero-order chi connectivity index (χ0) is 10.9. The van der Waals surface area contributed by atoms with Gasteiger partial charge in [0.05, 0.1) is 5.75 Å². The van der Waals surface area contributed by atoms with Gasteiger partial charge in [-0.2, -0.15) is 8.42 Å². The van der Waals surface area contributed by atoms with E-state index in [0.717, 1.165) is 12.8 Å². The van der Waals surface area contributed by atoms with Crippen LogP contribution < -0.4 is 29.6 Å². The van der Waals surface area contributed by atoms with Gasteiger partial charge in [-0.15, -0.1) is 0 Å². The summed E-state index contributed by atoms with van der Waals surface area (Å²) in [6.07, 6.45) is 8.85. The van der Waals surface area contributed by atoms with Gasteiger partial charge in [0.25, 0.3) is 10.1 Å². The van der Waals surface area contributed by atoms with Crippen molar-refractivity contribution in [3.05, 3.63) is 0 Å². The van der Waals surface area contributed by atoms with Crippen molar-refractivity contribution in [3.63, 3.8) is 0 Å². The van der Waals surface area contributed by atoms with Crippen LogP contribution in [0.4, 0.5) is 0 Å². The predicted octanol–water partition coefficient (Wildman–Crippen LogP) is 0.131. The summed E-state index contributed by atoms with van der Waals surface area (Å²) in [4.78, 5) is 0. The fourth-order valence-electron chi connectivity index (χ4n) is 1.42. The fourth-order valence-corrected chi connectivity index (χ4v) is 1.99. The maximum Gasteiger partial charge on any atom is 1.00 e. The van der Waals surface area contributed by atoms with Crippen molar-refractivity contribution < 1.29 is 44.0 Å². The van der Waals surface area contributed by atoms with Crippen molar-refractivity contribution in [2.45, 2.75) is 58.3 Å². The summed E-state index contributed by atoms with van der Waals surface area (Å²) in [6.45, 7) is 2.19. The molecule has 0 radical (unpaired) electrons. The number of unbranched alkanes of at least 4 members (excludes halogenated alkanes) is 7. The first-order valence-corrected chi connectivity index (χ1v) is 7.12. The molecule has 88 valence electrons. The minimum absolute atomic E-state index is 0. The van der Waals surface area contributed by atoms with Gasteiger partial charge in [0.15, 0.2) is 0 Å². The first-order chi connectivity index (χ1) is 6.56. The summed E-state index contributed by atoms with van der Waals surface area (Å²) in [5, 5.41) is 0. The zero-order valence-electron chi connectivity index (χ0n) is 11.0. The molecule has 0 rings (SSSR count). The average molecular weight is 246 g/mol. The van der Waals surface area contributed by atoms with Crippen LogP contribution in [0.3, 0.4) is 0 Å². The van der Waals surface area contributed by atoms with Crippen LogP contribution >= 0.6 is 0 Å². The standard InChI is InChI=1S/C10H22O3S.Na.H/c1-2-3-4-5-6-7-8-9-10-14(11,12)13;;/h2-10H2,1H3,(H,11,12,13);;/q;+1;-1. The van der Waals surface area contributed by atoms with Crippen molar-refractivity contribution >= 4 is 10.1 Å². The quantitative estimate of drug-likeness (QED) is 0.357. The third-order valence-corrected chi connectivity index (χ3v) is 3.06. The van der Waals surface area contributed by atoms with E-state index in [1.54, 1.807) is 0 Å². The Balaban J connectivity index is -0.000000845. The van der Waals surface area contributed by atoms with Crippen LogP contribution in [-0.2, 0) is 10.1 Å². The van der Waals surface area contributed by atoms with Crippen LogP contribution in [-0.4, -0.2) is 18.7 Å². The summed E-state index contributed by atoms with van der Waals surface area (Å²) < 4.78 is 29.2. The van der Waals surface area contributed by atoms with E-state index in [-0.39, 0.29) is 36.7 Å². The smallest absolute Gasteiger partial charge is 1.00 e. The third kappa shape index (κ3) is 17.5. The summed E-state index contributed by atoms with van der Waals surface area (Å²) >= 11 is 0. The molecule has 0 aliphatic rings. The molecular weight excluding hydrogens is 223 g/mol. The third-order valence-electron chi connectivity index (χ3n) is 2.26. The topological polar surface area (TPSA) is 54.4 Å². The first kappa shape index (κ1) is 18.3. The molecule has 15 heavy (non-hydrogen) atoms. The SMILES string of the molecule is CCCCCCCCCCS(=O)(=O)O.[H-].[Na+]. The molecule has 1 N–H and O–H groups in total. The second-order valence-electron chi connectivity index (χ2n) is 3.76. The largest absolute Gasteiger partial charge is 1.00 e. The van der Waals surface area contributed by atoms with Crippen molar-refractivity contribution in [2.24, 2.45) is 0 Å². The molecule has 0 amide bonds. The maximum atomic E-state index is 10.4. The molecule has 0 spiro atoms. The van der Waals surface area contributed by atoms with Crippen LogP contribution in [0.25, 0.3) is 0 Å². The Hall–Kier alpha value is 0.910. The van der Waals surface area contributed by atoms with E-state index < -0.39 is 10.1 Å². The second-order valence-corrected chi connectivity index (χ2v) is 5.33. The molecule has 0 bridgehead atoms. The van der Waals surface area contributed by atoms with Crippen molar-refractivity contribution in [1.29, 1.82) is 0 Å². The van der Waals surface area contributed by atoms with Gasteiger partial charge in [0.2, 0.25) is 0 Å². The van der Waals surface area contributed by atoms with E-state index in [2.05, 4.69) is 6.92 Å². The molecule has 0 aromatic carbocycles. The van der Waals surface area contributed by atoms with E-state index in [1.165, 1.54) is 32.1 Å². The van der Waals surface area contributed by atoms with Gasteiger partial charge >= 0.3 is 29.6 Å². The normalized spacial score (nSPS) is 11.1. The van der Waals surface area contributed by atoms with E-state index >= 15 is 0 Å². The molecule has 0 aromatic rings. The Morgan fingerprint density at radius 1 is 0.933 bits per heavy atom. The Morgan fingerprint density at radius 3 is 1.73 bits per heavy atom. The first-order valence-electron chi connectivity index (χ1n) is 5.51. The summed E-state index contributed by atoms with van der Waals surface area (Å²) in [5.74, 6) is -0.0814. The molecule has 0 unspecified atom stereocenters. The van der Waals surface area contributed by atoms with Crippen molar-refractivity contribution in [1.82, 2.24) is 0 Å². The van der Waals surface area contributed by atoms with Crippen LogP contribution in [0.15, 0.2) is 0 Å². The summed E-state index contributed by atoms with van der Waals surface area (Å²) in [5.41, 5.74) is 0. The van der Waals surface area contributed by atoms with Gasteiger partial charge in [0, 0.05) is 0 Å². The van der Waals surface area contributed by atoms with Gasteiger partial charge in [-0.1, -0.05) is 51.9 Å². The minimum atomic E-state index is -3.73. The van der Waals surface area contributed by atoms with E-state index in [9.17, 15) is 8.42 Å². The van der Waals surface area contributed by atoms with Crippen LogP contribution in [0.5, 0.6) is 0 Å². The molecule has 0 aromatic heterocycles. The Labute approximate surface area is 118 Å². The van der Waals surface area contributed by atoms with Gasteiger partial charge in [-0.25, -0.2) is 0 Å². The van der Waals surface area contributed by atoms with Crippen molar-refractivity contribution in [3.8, 4) is 0 Å². The molecule has 0 fully saturated rings. The number of rotatable bonds is 9. The van der Waals surface area contributed by atoms with Gasteiger partial charge < -0.3 is 1.43 Å². The summed E-state index contributed by atoms with van der Waals surface area (Å²) in [7, 11) is -3.73. The fraction of sp³-hybridized carbons (Fsp3) is 1.00. The van der Waals surface area contributed by atoms with Gasteiger partial charge in [0.1, 0.15) is 0 Å². The average Bonchev–Trinajstić information content (AvgIpc) is 2.08. The predicted molar refractivity (Wildman–Crippen MR) is 60.1 cm³/mol. The molecule has 0 saturated heterocycles. The Bertz CT molecular complexity index is 220. The molecule has 5 heteroatoms. The van der Waals surface area contributed by atoms with E-state index in [0.29, 0.717) is 6.42 Å². The molecule has 0 saturated carbocycles. The monoisotopic (exact) mass is 246 g/mol. The Kier molecular flexibility index (Phi) is 13.9. The van der Waals surface area contributed by atoms with Crippen molar-refractivity contribution in [2.75, 3.05) is 5.75 Å². The summed E-state index contributed by atoms with van der Waals surface area (Å²) in [6, 6.07) is 0. The van der Waals surface area contributed by atoms with Crippen LogP contribution in [0.2, 0.25) is 0 Å². The van der Waals surface area contributed by atoms with Crippen LogP contribution in [0.1, 0.15) is 59.7 Å². The number of hydrogen-bond acceptors (Lipinski definition) is 2. The minimum Gasteiger partial charge on any atom is -1.00 e. The molecule has 0 aliphatic carbocycles. The zero-order valence-corrected chi connectivity index (χ0v) is 12.9. The molecule has 0 aliphatic heterocycles. The number of hydrogen-bond donors (Lipinski definition) is 1.